The maximum absolute atomic E-state index is 5.82. The Balaban J connectivity index is 1.89. The standard InChI is InChI=1S/C18H22N2O/c1-13-12-21-17-10-5-4-9-16(17)18(13)19-14-7-6-8-15(11-14)20(2)3/h4-11,13,18-19H,12H2,1-3H3. The molecule has 2 unspecified atom stereocenters. The number of benzene rings is 2. The summed E-state index contributed by atoms with van der Waals surface area (Å²) >= 11 is 0. The Morgan fingerprint density at radius 1 is 1.10 bits per heavy atom. The average Bonchev–Trinajstić information content (AvgIpc) is 2.50. The minimum absolute atomic E-state index is 0.285. The van der Waals surface area contributed by atoms with Gasteiger partial charge >= 0.3 is 0 Å². The van der Waals surface area contributed by atoms with Crippen molar-refractivity contribution in [1.29, 1.82) is 0 Å². The van der Waals surface area contributed by atoms with Gasteiger partial charge in [-0.05, 0) is 24.3 Å². The van der Waals surface area contributed by atoms with Crippen LogP contribution in [0, 0.1) is 5.92 Å². The number of hydrogen-bond acceptors (Lipinski definition) is 3. The molecule has 0 aliphatic carbocycles. The van der Waals surface area contributed by atoms with Crippen LogP contribution in [0.15, 0.2) is 48.5 Å². The molecule has 3 nitrogen and oxygen atoms in total. The zero-order valence-corrected chi connectivity index (χ0v) is 12.8. The molecule has 0 bridgehead atoms. The van der Waals surface area contributed by atoms with Crippen molar-refractivity contribution in [2.75, 3.05) is 30.9 Å². The molecule has 2 atom stereocenters. The van der Waals surface area contributed by atoms with E-state index in [-0.39, 0.29) is 6.04 Å². The number of nitrogens with zero attached hydrogens (tertiary/aromatic N) is 1. The van der Waals surface area contributed by atoms with Crippen LogP contribution in [0.5, 0.6) is 5.75 Å². The predicted molar refractivity (Wildman–Crippen MR) is 88.2 cm³/mol. The third kappa shape index (κ3) is 2.82. The van der Waals surface area contributed by atoms with Crippen molar-refractivity contribution in [3.63, 3.8) is 0 Å². The van der Waals surface area contributed by atoms with Gasteiger partial charge in [0.25, 0.3) is 0 Å². The Labute approximate surface area is 126 Å². The van der Waals surface area contributed by atoms with E-state index >= 15 is 0 Å². The molecule has 1 N–H and O–H groups in total. The Hall–Kier alpha value is -2.16. The zero-order chi connectivity index (χ0) is 14.8. The van der Waals surface area contributed by atoms with Crippen molar-refractivity contribution in [3.05, 3.63) is 54.1 Å². The Morgan fingerprint density at radius 2 is 1.90 bits per heavy atom. The molecule has 0 saturated heterocycles. The second-order valence-corrected chi connectivity index (χ2v) is 5.89. The highest BCUT2D eigenvalue weighted by molar-refractivity contribution is 5.59. The maximum Gasteiger partial charge on any atom is 0.124 e. The number of hydrogen-bond donors (Lipinski definition) is 1. The molecule has 1 aliphatic heterocycles. The lowest BCUT2D eigenvalue weighted by Crippen LogP contribution is -2.28. The van der Waals surface area contributed by atoms with Crippen molar-refractivity contribution in [1.82, 2.24) is 0 Å². The summed E-state index contributed by atoms with van der Waals surface area (Å²) < 4.78 is 5.82. The first-order valence-corrected chi connectivity index (χ1v) is 7.41. The summed E-state index contributed by atoms with van der Waals surface area (Å²) in [5.74, 6) is 1.43. The van der Waals surface area contributed by atoms with Crippen LogP contribution in [-0.4, -0.2) is 20.7 Å². The van der Waals surface area contributed by atoms with Gasteiger partial charge in [0.15, 0.2) is 0 Å². The van der Waals surface area contributed by atoms with Gasteiger partial charge in [-0.25, -0.2) is 0 Å². The minimum atomic E-state index is 0.285. The SMILES string of the molecule is CC1COc2ccccc2C1Nc1cccc(N(C)C)c1. The zero-order valence-electron chi connectivity index (χ0n) is 12.8. The van der Waals surface area contributed by atoms with Gasteiger partial charge in [0.2, 0.25) is 0 Å². The van der Waals surface area contributed by atoms with Crippen LogP contribution in [-0.2, 0) is 0 Å². The fourth-order valence-electron chi connectivity index (χ4n) is 2.77. The lowest BCUT2D eigenvalue weighted by molar-refractivity contribution is 0.214. The molecule has 0 saturated carbocycles. The van der Waals surface area contributed by atoms with Crippen molar-refractivity contribution >= 4 is 11.4 Å². The molecule has 3 rings (SSSR count). The fourth-order valence-corrected chi connectivity index (χ4v) is 2.77. The van der Waals surface area contributed by atoms with Crippen molar-refractivity contribution < 1.29 is 4.74 Å². The van der Waals surface area contributed by atoms with E-state index in [1.807, 2.05) is 12.1 Å². The van der Waals surface area contributed by atoms with Crippen molar-refractivity contribution in [2.45, 2.75) is 13.0 Å². The van der Waals surface area contributed by atoms with Crippen LogP contribution < -0.4 is 15.0 Å². The lowest BCUT2D eigenvalue weighted by Gasteiger charge is -2.33. The second kappa shape index (κ2) is 5.68. The highest BCUT2D eigenvalue weighted by Crippen LogP contribution is 2.37. The summed E-state index contributed by atoms with van der Waals surface area (Å²) in [5.41, 5.74) is 3.59. The number of ether oxygens (including phenoxy) is 1. The molecule has 0 fully saturated rings. The monoisotopic (exact) mass is 282 g/mol. The average molecular weight is 282 g/mol. The van der Waals surface area contributed by atoms with Gasteiger partial charge < -0.3 is 15.0 Å². The van der Waals surface area contributed by atoms with Gasteiger partial charge in [0.1, 0.15) is 5.75 Å². The highest BCUT2D eigenvalue weighted by Gasteiger charge is 2.27. The first kappa shape index (κ1) is 13.8. The van der Waals surface area contributed by atoms with E-state index in [9.17, 15) is 0 Å². The van der Waals surface area contributed by atoms with Crippen molar-refractivity contribution in [2.24, 2.45) is 5.92 Å². The van der Waals surface area contributed by atoms with E-state index in [4.69, 9.17) is 4.74 Å². The summed E-state index contributed by atoms with van der Waals surface area (Å²) in [7, 11) is 4.12. The van der Waals surface area contributed by atoms with E-state index in [0.717, 1.165) is 18.0 Å². The molecule has 0 spiro atoms. The Bertz CT molecular complexity index is 624. The first-order chi connectivity index (χ1) is 10.1. The molecule has 2 aromatic rings. The Morgan fingerprint density at radius 3 is 2.71 bits per heavy atom. The third-order valence-corrected chi connectivity index (χ3v) is 4.01. The minimum Gasteiger partial charge on any atom is -0.493 e. The smallest absolute Gasteiger partial charge is 0.124 e. The molecule has 1 heterocycles. The molecule has 0 amide bonds. The van der Waals surface area contributed by atoms with Crippen LogP contribution >= 0.6 is 0 Å². The van der Waals surface area contributed by atoms with Gasteiger partial charge in [0, 0.05) is 37.0 Å². The predicted octanol–water partition coefficient (Wildman–Crippen LogP) is 3.93. The lowest BCUT2D eigenvalue weighted by atomic mass is 9.92. The van der Waals surface area contributed by atoms with E-state index in [0.29, 0.717) is 5.92 Å². The van der Waals surface area contributed by atoms with Gasteiger partial charge in [0.05, 0.1) is 12.6 Å². The van der Waals surface area contributed by atoms with E-state index in [2.05, 4.69) is 67.6 Å². The maximum atomic E-state index is 5.82. The summed E-state index contributed by atoms with van der Waals surface area (Å²) in [5, 5.41) is 3.68. The molecule has 0 aromatic heterocycles. The van der Waals surface area contributed by atoms with Gasteiger partial charge in [-0.15, -0.1) is 0 Å². The molecule has 1 aliphatic rings. The fraction of sp³-hybridized carbons (Fsp3) is 0.333. The van der Waals surface area contributed by atoms with Gasteiger partial charge in [-0.1, -0.05) is 31.2 Å². The van der Waals surface area contributed by atoms with Crippen LogP contribution in [0.3, 0.4) is 0 Å². The first-order valence-electron chi connectivity index (χ1n) is 7.41. The van der Waals surface area contributed by atoms with Crippen LogP contribution in [0.2, 0.25) is 0 Å². The second-order valence-electron chi connectivity index (χ2n) is 5.89. The molecular weight excluding hydrogens is 260 g/mol. The summed E-state index contributed by atoms with van der Waals surface area (Å²) in [6.45, 7) is 2.98. The number of nitrogens with one attached hydrogen (secondary N) is 1. The quantitative estimate of drug-likeness (QED) is 0.923. The van der Waals surface area contributed by atoms with Gasteiger partial charge in [-0.3, -0.25) is 0 Å². The molecule has 0 radical (unpaired) electrons. The van der Waals surface area contributed by atoms with Crippen LogP contribution in [0.4, 0.5) is 11.4 Å². The number of rotatable bonds is 3. The van der Waals surface area contributed by atoms with E-state index < -0.39 is 0 Å². The largest absolute Gasteiger partial charge is 0.493 e. The molecule has 3 heteroatoms. The van der Waals surface area contributed by atoms with E-state index in [1.165, 1.54) is 11.3 Å². The number of anilines is 2. The van der Waals surface area contributed by atoms with E-state index in [1.54, 1.807) is 0 Å². The normalized spacial score (nSPS) is 20.3. The topological polar surface area (TPSA) is 24.5 Å². The number of para-hydroxylation sites is 1. The summed E-state index contributed by atoms with van der Waals surface area (Å²) in [6.07, 6.45) is 0. The molecule has 21 heavy (non-hydrogen) atoms. The Kier molecular flexibility index (Phi) is 3.74. The molecule has 110 valence electrons. The van der Waals surface area contributed by atoms with Gasteiger partial charge in [-0.2, -0.15) is 0 Å². The highest BCUT2D eigenvalue weighted by atomic mass is 16.5. The summed E-state index contributed by atoms with van der Waals surface area (Å²) in [6, 6.07) is 17.1. The summed E-state index contributed by atoms with van der Waals surface area (Å²) in [4.78, 5) is 2.12. The van der Waals surface area contributed by atoms with Crippen molar-refractivity contribution in [3.8, 4) is 5.75 Å². The van der Waals surface area contributed by atoms with Crippen LogP contribution in [0.25, 0.3) is 0 Å². The molecule has 2 aromatic carbocycles. The molecular formula is C18H22N2O. The van der Waals surface area contributed by atoms with Crippen LogP contribution in [0.1, 0.15) is 18.5 Å². The third-order valence-electron chi connectivity index (χ3n) is 4.01. The number of fused-ring (bicyclic) bond motifs is 1.